The average molecular weight is 565 g/mol. The van der Waals surface area contributed by atoms with Crippen molar-refractivity contribution >= 4 is 46.3 Å². The Kier molecular flexibility index (Phi) is 8.23. The van der Waals surface area contributed by atoms with Gasteiger partial charge in [0.2, 0.25) is 0 Å². The lowest BCUT2D eigenvalue weighted by Gasteiger charge is -2.26. The van der Waals surface area contributed by atoms with Crippen LogP contribution in [0.2, 0.25) is 0 Å². The summed E-state index contributed by atoms with van der Waals surface area (Å²) in [4.78, 5) is 37.4. The molecule has 2 amide bonds. The molecule has 12 heteroatoms. The molecule has 2 aromatic carbocycles. The van der Waals surface area contributed by atoms with Crippen molar-refractivity contribution in [3.63, 3.8) is 0 Å². The van der Waals surface area contributed by atoms with E-state index in [2.05, 4.69) is 32.8 Å². The molecule has 0 saturated carbocycles. The van der Waals surface area contributed by atoms with Gasteiger partial charge in [0.1, 0.15) is 17.7 Å². The predicted octanol–water partition coefficient (Wildman–Crippen LogP) is 2.95. The molecule has 214 valence electrons. The minimum Gasteiger partial charge on any atom is -0.370 e. The van der Waals surface area contributed by atoms with Crippen molar-refractivity contribution < 1.29 is 9.59 Å². The van der Waals surface area contributed by atoms with Crippen molar-refractivity contribution in [2.45, 2.75) is 12.8 Å². The number of hydrogen-bond acceptors (Lipinski definition) is 6. The highest BCUT2D eigenvalue weighted by Crippen LogP contribution is 2.25. The van der Waals surface area contributed by atoms with Gasteiger partial charge in [-0.1, -0.05) is 36.4 Å². The Labute approximate surface area is 243 Å². The van der Waals surface area contributed by atoms with E-state index in [0.29, 0.717) is 37.6 Å². The van der Waals surface area contributed by atoms with Crippen molar-refractivity contribution in [3.05, 3.63) is 95.6 Å². The van der Waals surface area contributed by atoms with E-state index in [1.54, 1.807) is 9.80 Å². The summed E-state index contributed by atoms with van der Waals surface area (Å²) < 4.78 is 0. The van der Waals surface area contributed by atoms with Gasteiger partial charge in [0.15, 0.2) is 11.9 Å². The molecule has 0 aliphatic carbocycles. The number of guanidine groups is 2. The number of nitrogens with one attached hydrogen (secondary N) is 4. The SMILES string of the molecule is N=C(N)N1CC=C(c2ccc(NC(=O)c3cc(C(=O)Nc4ccc(C5=CCN(C(=N)N)CC5)cc4)ncn3)cc2)CC1. The van der Waals surface area contributed by atoms with Crippen LogP contribution in [0.1, 0.15) is 44.9 Å². The molecule has 0 radical (unpaired) electrons. The van der Waals surface area contributed by atoms with Crippen LogP contribution in [0, 0.1) is 10.8 Å². The van der Waals surface area contributed by atoms with E-state index in [1.807, 2.05) is 48.5 Å². The average Bonchev–Trinajstić information content (AvgIpc) is 3.02. The zero-order chi connectivity index (χ0) is 29.6. The van der Waals surface area contributed by atoms with Gasteiger partial charge < -0.3 is 31.9 Å². The molecule has 3 heterocycles. The van der Waals surface area contributed by atoms with Crippen LogP contribution in [-0.4, -0.2) is 69.7 Å². The van der Waals surface area contributed by atoms with Crippen molar-refractivity contribution in [1.82, 2.24) is 19.8 Å². The van der Waals surface area contributed by atoms with Crippen LogP contribution in [0.4, 0.5) is 11.4 Å². The van der Waals surface area contributed by atoms with Gasteiger partial charge in [-0.2, -0.15) is 0 Å². The Balaban J connectivity index is 1.18. The van der Waals surface area contributed by atoms with Crippen LogP contribution >= 0.6 is 0 Å². The maximum atomic E-state index is 12.9. The first kappa shape index (κ1) is 28.0. The summed E-state index contributed by atoms with van der Waals surface area (Å²) in [6.07, 6.45) is 6.86. The van der Waals surface area contributed by atoms with Crippen LogP contribution in [0.5, 0.6) is 0 Å². The van der Waals surface area contributed by atoms with E-state index >= 15 is 0 Å². The van der Waals surface area contributed by atoms with Gasteiger partial charge in [0.05, 0.1) is 0 Å². The molecule has 1 aromatic heterocycles. The minimum atomic E-state index is -0.457. The fourth-order valence-electron chi connectivity index (χ4n) is 4.83. The van der Waals surface area contributed by atoms with Crippen molar-refractivity contribution in [3.8, 4) is 0 Å². The van der Waals surface area contributed by atoms with Crippen molar-refractivity contribution in [1.29, 1.82) is 10.8 Å². The summed E-state index contributed by atoms with van der Waals surface area (Å²) in [5.74, 6) is -0.774. The molecule has 2 aliphatic rings. The number of nitrogens with zero attached hydrogens (tertiary/aromatic N) is 4. The molecule has 42 heavy (non-hydrogen) atoms. The van der Waals surface area contributed by atoms with E-state index < -0.39 is 11.8 Å². The number of aromatic nitrogens is 2. The third-order valence-corrected chi connectivity index (χ3v) is 7.26. The summed E-state index contributed by atoms with van der Waals surface area (Å²) in [6.45, 7) is 2.57. The Bertz CT molecular complexity index is 1460. The number of hydrogen-bond donors (Lipinski definition) is 6. The highest BCUT2D eigenvalue weighted by Gasteiger charge is 2.17. The second kappa shape index (κ2) is 12.3. The summed E-state index contributed by atoms with van der Waals surface area (Å²) in [5.41, 5.74) is 16.9. The summed E-state index contributed by atoms with van der Waals surface area (Å²) in [5, 5.41) is 20.7. The first-order chi connectivity index (χ1) is 20.3. The maximum Gasteiger partial charge on any atom is 0.274 e. The van der Waals surface area contributed by atoms with Crippen LogP contribution < -0.4 is 22.1 Å². The van der Waals surface area contributed by atoms with Crippen LogP contribution in [0.25, 0.3) is 11.1 Å². The van der Waals surface area contributed by atoms with Gasteiger partial charge in [-0.3, -0.25) is 20.4 Å². The van der Waals surface area contributed by atoms with Gasteiger partial charge in [-0.15, -0.1) is 0 Å². The van der Waals surface area contributed by atoms with Gasteiger partial charge in [0.25, 0.3) is 11.8 Å². The number of carbonyl (C=O) groups excluding carboxylic acids is 2. The molecular weight excluding hydrogens is 532 g/mol. The number of nitrogens with two attached hydrogens (primary N) is 2. The molecule has 3 aromatic rings. The molecular formula is C30H32N10O2. The highest BCUT2D eigenvalue weighted by atomic mass is 16.2. The van der Waals surface area contributed by atoms with Gasteiger partial charge >= 0.3 is 0 Å². The smallest absolute Gasteiger partial charge is 0.274 e. The van der Waals surface area contributed by atoms with Crippen molar-refractivity contribution in [2.75, 3.05) is 36.8 Å². The third-order valence-electron chi connectivity index (χ3n) is 7.26. The molecule has 0 atom stereocenters. The number of carbonyl (C=O) groups is 2. The fraction of sp³-hybridized carbons (Fsp3) is 0.200. The Morgan fingerprint density at radius 1 is 0.690 bits per heavy atom. The van der Waals surface area contributed by atoms with Gasteiger partial charge in [0, 0.05) is 43.6 Å². The zero-order valence-corrected chi connectivity index (χ0v) is 22.9. The van der Waals surface area contributed by atoms with E-state index in [4.69, 9.17) is 22.3 Å². The molecule has 0 unspecified atom stereocenters. The Hall–Kier alpha value is -5.52. The first-order valence-corrected chi connectivity index (χ1v) is 13.5. The second-order valence-electron chi connectivity index (χ2n) is 9.97. The van der Waals surface area contributed by atoms with Gasteiger partial charge in [-0.05, 0) is 59.4 Å². The third kappa shape index (κ3) is 6.61. The van der Waals surface area contributed by atoms with Crippen LogP contribution in [0.15, 0.2) is 73.1 Å². The largest absolute Gasteiger partial charge is 0.370 e. The quantitative estimate of drug-likeness (QED) is 0.194. The molecule has 8 N–H and O–H groups in total. The topological polar surface area (TPSA) is 190 Å². The number of amides is 2. The molecule has 0 saturated heterocycles. The van der Waals surface area contributed by atoms with E-state index in [-0.39, 0.29) is 23.3 Å². The molecule has 0 spiro atoms. The Morgan fingerprint density at radius 2 is 1.10 bits per heavy atom. The minimum absolute atomic E-state index is 0.0673. The summed E-state index contributed by atoms with van der Waals surface area (Å²) in [7, 11) is 0. The lowest BCUT2D eigenvalue weighted by Crippen LogP contribution is -2.39. The highest BCUT2D eigenvalue weighted by molar-refractivity contribution is 6.07. The van der Waals surface area contributed by atoms with E-state index in [1.165, 1.54) is 23.5 Å². The molecule has 2 aliphatic heterocycles. The lowest BCUT2D eigenvalue weighted by atomic mass is 9.99. The molecule has 0 bridgehead atoms. The standard InChI is InChI=1S/C30H32N10O2/c31-29(32)39-13-9-21(10-14-39)19-1-5-23(6-2-19)37-27(41)25-17-26(36-18-35-25)28(42)38-24-7-3-20(4-8-24)22-11-15-40(16-12-22)30(33)34/h1-9,11,17-18H,10,12-16H2,(H3,31,32)(H3,33,34)(H,37,41)(H,38,42). The second-order valence-corrected chi connectivity index (χ2v) is 9.97. The first-order valence-electron chi connectivity index (χ1n) is 13.5. The molecule has 0 fully saturated rings. The van der Waals surface area contributed by atoms with Crippen LogP contribution in [0.3, 0.4) is 0 Å². The normalized spacial score (nSPS) is 14.9. The number of benzene rings is 2. The fourth-order valence-corrected chi connectivity index (χ4v) is 4.83. The number of anilines is 2. The zero-order valence-electron chi connectivity index (χ0n) is 22.9. The monoisotopic (exact) mass is 564 g/mol. The summed E-state index contributed by atoms with van der Waals surface area (Å²) in [6, 6.07) is 16.3. The van der Waals surface area contributed by atoms with E-state index in [0.717, 1.165) is 24.0 Å². The summed E-state index contributed by atoms with van der Waals surface area (Å²) >= 11 is 0. The van der Waals surface area contributed by atoms with Crippen molar-refractivity contribution in [2.24, 2.45) is 11.5 Å². The Morgan fingerprint density at radius 3 is 1.43 bits per heavy atom. The number of rotatable bonds is 6. The lowest BCUT2D eigenvalue weighted by molar-refractivity contribution is 0.102. The predicted molar refractivity (Wildman–Crippen MR) is 163 cm³/mol. The maximum absolute atomic E-state index is 12.9. The molecule has 5 rings (SSSR count). The van der Waals surface area contributed by atoms with Crippen LogP contribution in [-0.2, 0) is 0 Å². The molecule has 12 nitrogen and oxygen atoms in total. The van der Waals surface area contributed by atoms with E-state index in [9.17, 15) is 9.59 Å². The van der Waals surface area contributed by atoms with Gasteiger partial charge in [-0.25, -0.2) is 9.97 Å².